The Morgan fingerprint density at radius 2 is 2.18 bits per heavy atom. The number of likely N-dealkylation sites (N-methyl/N-ethyl adjacent to an activating group) is 1. The molecule has 2 atom stereocenters. The molecule has 1 N–H and O–H groups in total. The van der Waals surface area contributed by atoms with Crippen molar-refractivity contribution in [3.63, 3.8) is 0 Å². The molecule has 1 fully saturated rings. The van der Waals surface area contributed by atoms with E-state index in [1.807, 2.05) is 12.1 Å². The van der Waals surface area contributed by atoms with Gasteiger partial charge >= 0.3 is 0 Å². The molecule has 94 valence electrons. The molecule has 1 aromatic carbocycles. The lowest BCUT2D eigenvalue weighted by Crippen LogP contribution is -2.33. The molecule has 2 rings (SSSR count). The molecule has 17 heavy (non-hydrogen) atoms. The second kappa shape index (κ2) is 5.57. The molecule has 2 nitrogen and oxygen atoms in total. The Morgan fingerprint density at radius 3 is 2.76 bits per heavy atom. The number of nitrogens with zero attached hydrogens (tertiary/aromatic N) is 1. The van der Waals surface area contributed by atoms with Gasteiger partial charge in [-0.3, -0.25) is 0 Å². The Bertz CT molecular complexity index is 395. The van der Waals surface area contributed by atoms with Gasteiger partial charge in [0.25, 0.3) is 0 Å². The lowest BCUT2D eigenvalue weighted by molar-refractivity contribution is 0.387. The molecular formula is C13H18Cl2N2. The van der Waals surface area contributed by atoms with Crippen molar-refractivity contribution >= 4 is 23.2 Å². The van der Waals surface area contributed by atoms with Gasteiger partial charge in [-0.2, -0.15) is 0 Å². The molecule has 0 amide bonds. The third-order valence-corrected chi connectivity index (χ3v) is 3.87. The van der Waals surface area contributed by atoms with Crippen LogP contribution in [0.15, 0.2) is 18.2 Å². The summed E-state index contributed by atoms with van der Waals surface area (Å²) in [6, 6.07) is 6.51. The molecule has 1 aliphatic heterocycles. The van der Waals surface area contributed by atoms with Crippen LogP contribution in [-0.2, 0) is 0 Å². The molecule has 1 aliphatic rings. The van der Waals surface area contributed by atoms with Gasteiger partial charge in [0.05, 0.1) is 0 Å². The molecular weight excluding hydrogens is 255 g/mol. The summed E-state index contributed by atoms with van der Waals surface area (Å²) in [4.78, 5) is 2.34. The fourth-order valence-electron chi connectivity index (χ4n) is 2.37. The van der Waals surface area contributed by atoms with E-state index in [-0.39, 0.29) is 6.04 Å². The van der Waals surface area contributed by atoms with Crippen LogP contribution in [0.2, 0.25) is 10.0 Å². The minimum atomic E-state index is 0.260. The van der Waals surface area contributed by atoms with Crippen LogP contribution in [0, 0.1) is 0 Å². The van der Waals surface area contributed by atoms with Crippen LogP contribution in [0.25, 0.3) is 0 Å². The Morgan fingerprint density at radius 1 is 1.41 bits per heavy atom. The van der Waals surface area contributed by atoms with Gasteiger partial charge in [-0.25, -0.2) is 0 Å². The van der Waals surface area contributed by atoms with Gasteiger partial charge in [0.1, 0.15) is 0 Å². The second-order valence-corrected chi connectivity index (χ2v) is 5.65. The predicted octanol–water partition coefficient (Wildman–Crippen LogP) is 3.35. The van der Waals surface area contributed by atoms with Crippen molar-refractivity contribution in [3.05, 3.63) is 33.8 Å². The van der Waals surface area contributed by atoms with Gasteiger partial charge in [0.2, 0.25) is 0 Å². The lowest BCUT2D eigenvalue weighted by Gasteiger charge is -2.20. The predicted molar refractivity (Wildman–Crippen MR) is 73.9 cm³/mol. The van der Waals surface area contributed by atoms with E-state index in [0.29, 0.717) is 11.1 Å². The summed E-state index contributed by atoms with van der Waals surface area (Å²) >= 11 is 12.1. The van der Waals surface area contributed by atoms with Crippen molar-refractivity contribution < 1.29 is 0 Å². The Balaban J connectivity index is 2.01. The van der Waals surface area contributed by atoms with E-state index in [4.69, 9.17) is 23.2 Å². The van der Waals surface area contributed by atoms with E-state index in [1.54, 1.807) is 6.07 Å². The SMILES string of the molecule is CC(NC1CCN(C)C1)c1ccc(Cl)cc1Cl. The quantitative estimate of drug-likeness (QED) is 0.908. The van der Waals surface area contributed by atoms with Crippen LogP contribution in [0.3, 0.4) is 0 Å². The van der Waals surface area contributed by atoms with E-state index < -0.39 is 0 Å². The number of rotatable bonds is 3. The maximum absolute atomic E-state index is 6.20. The number of likely N-dealkylation sites (tertiary alicyclic amines) is 1. The fraction of sp³-hybridized carbons (Fsp3) is 0.538. The number of benzene rings is 1. The van der Waals surface area contributed by atoms with Crippen LogP contribution in [-0.4, -0.2) is 31.1 Å². The van der Waals surface area contributed by atoms with Crippen molar-refractivity contribution in [1.82, 2.24) is 10.2 Å². The van der Waals surface area contributed by atoms with Crippen molar-refractivity contribution in [1.29, 1.82) is 0 Å². The van der Waals surface area contributed by atoms with Crippen molar-refractivity contribution in [3.8, 4) is 0 Å². The lowest BCUT2D eigenvalue weighted by atomic mass is 10.1. The zero-order valence-corrected chi connectivity index (χ0v) is 11.7. The summed E-state index contributed by atoms with van der Waals surface area (Å²) in [6.45, 7) is 4.42. The van der Waals surface area contributed by atoms with Gasteiger partial charge in [0, 0.05) is 28.7 Å². The molecule has 0 bridgehead atoms. The van der Waals surface area contributed by atoms with Gasteiger partial charge in [0.15, 0.2) is 0 Å². The highest BCUT2D eigenvalue weighted by molar-refractivity contribution is 6.35. The molecule has 0 aliphatic carbocycles. The minimum Gasteiger partial charge on any atom is -0.306 e. The van der Waals surface area contributed by atoms with Crippen LogP contribution in [0.5, 0.6) is 0 Å². The number of hydrogen-bond donors (Lipinski definition) is 1. The Labute approximate surface area is 113 Å². The van der Waals surface area contributed by atoms with Crippen LogP contribution in [0.1, 0.15) is 24.9 Å². The van der Waals surface area contributed by atoms with Crippen molar-refractivity contribution in [2.45, 2.75) is 25.4 Å². The summed E-state index contributed by atoms with van der Waals surface area (Å²) in [5.41, 5.74) is 1.12. The van der Waals surface area contributed by atoms with Crippen molar-refractivity contribution in [2.24, 2.45) is 0 Å². The molecule has 1 aromatic rings. The van der Waals surface area contributed by atoms with Gasteiger partial charge in [-0.1, -0.05) is 29.3 Å². The molecule has 1 saturated heterocycles. The number of halogens is 2. The van der Waals surface area contributed by atoms with E-state index in [2.05, 4.69) is 24.2 Å². The largest absolute Gasteiger partial charge is 0.306 e. The first-order valence-corrected chi connectivity index (χ1v) is 6.71. The highest BCUT2D eigenvalue weighted by atomic mass is 35.5. The molecule has 0 radical (unpaired) electrons. The molecule has 4 heteroatoms. The summed E-state index contributed by atoms with van der Waals surface area (Å²) in [6.07, 6.45) is 1.20. The zero-order chi connectivity index (χ0) is 12.4. The maximum atomic E-state index is 6.20. The van der Waals surface area contributed by atoms with Crippen LogP contribution >= 0.6 is 23.2 Å². The molecule has 0 saturated carbocycles. The van der Waals surface area contributed by atoms with E-state index >= 15 is 0 Å². The van der Waals surface area contributed by atoms with Gasteiger partial charge in [-0.05, 0) is 44.6 Å². The summed E-state index contributed by atoms with van der Waals surface area (Å²) in [7, 11) is 2.15. The highest BCUT2D eigenvalue weighted by Gasteiger charge is 2.21. The normalized spacial score (nSPS) is 22.9. The first kappa shape index (κ1) is 13.2. The Kier molecular flexibility index (Phi) is 4.31. The van der Waals surface area contributed by atoms with E-state index in [1.165, 1.54) is 13.0 Å². The summed E-state index contributed by atoms with van der Waals surface area (Å²) < 4.78 is 0. The first-order valence-electron chi connectivity index (χ1n) is 5.96. The fourth-order valence-corrected chi connectivity index (χ4v) is 2.94. The average Bonchev–Trinajstić information content (AvgIpc) is 2.63. The third-order valence-electron chi connectivity index (χ3n) is 3.31. The number of nitrogens with one attached hydrogen (secondary N) is 1. The standard InChI is InChI=1S/C13H18Cl2N2/c1-9(16-11-5-6-17(2)8-11)12-4-3-10(14)7-13(12)15/h3-4,7,9,11,16H,5-6,8H2,1-2H3. The van der Waals surface area contributed by atoms with E-state index in [0.717, 1.165) is 17.1 Å². The van der Waals surface area contributed by atoms with Gasteiger partial charge < -0.3 is 10.2 Å². The minimum absolute atomic E-state index is 0.260. The zero-order valence-electron chi connectivity index (χ0n) is 10.2. The molecule has 1 heterocycles. The molecule has 0 aromatic heterocycles. The van der Waals surface area contributed by atoms with Crippen molar-refractivity contribution in [2.75, 3.05) is 20.1 Å². The molecule has 0 spiro atoms. The van der Waals surface area contributed by atoms with Gasteiger partial charge in [-0.15, -0.1) is 0 Å². The second-order valence-electron chi connectivity index (χ2n) is 4.80. The van der Waals surface area contributed by atoms with Crippen LogP contribution < -0.4 is 5.32 Å². The third kappa shape index (κ3) is 3.35. The number of hydrogen-bond acceptors (Lipinski definition) is 2. The highest BCUT2D eigenvalue weighted by Crippen LogP contribution is 2.26. The van der Waals surface area contributed by atoms with Crippen LogP contribution in [0.4, 0.5) is 0 Å². The topological polar surface area (TPSA) is 15.3 Å². The maximum Gasteiger partial charge on any atom is 0.0468 e. The Hall–Kier alpha value is -0.280. The summed E-state index contributed by atoms with van der Waals surface area (Å²) in [5.74, 6) is 0. The smallest absolute Gasteiger partial charge is 0.0468 e. The monoisotopic (exact) mass is 272 g/mol. The summed E-state index contributed by atoms with van der Waals surface area (Å²) in [5, 5.41) is 5.04. The molecule has 2 unspecified atom stereocenters. The first-order chi connectivity index (χ1) is 8.06. The van der Waals surface area contributed by atoms with E-state index in [9.17, 15) is 0 Å². The average molecular weight is 273 g/mol.